The minimum atomic E-state index is -0.289. The maximum absolute atomic E-state index is 12.0. The summed E-state index contributed by atoms with van der Waals surface area (Å²) in [7, 11) is 0. The molecule has 1 heteroatoms. The van der Waals surface area contributed by atoms with Crippen LogP contribution in [0.1, 0.15) is 57.8 Å². The Balaban J connectivity index is 1.73. The molecule has 0 aromatic carbocycles. The minimum Gasteiger partial charge on any atom is -0.247 e. The van der Waals surface area contributed by atoms with E-state index in [9.17, 15) is 4.39 Å². The van der Waals surface area contributed by atoms with Gasteiger partial charge >= 0.3 is 0 Å². The lowest BCUT2D eigenvalue weighted by Crippen LogP contribution is -2.23. The van der Waals surface area contributed by atoms with Crippen molar-refractivity contribution >= 4 is 0 Å². The van der Waals surface area contributed by atoms with Crippen LogP contribution in [0.2, 0.25) is 0 Å². The molecule has 0 aromatic heterocycles. The summed E-state index contributed by atoms with van der Waals surface area (Å²) in [6.07, 6.45) is 16.6. The number of hydrogen-bond acceptors (Lipinski definition) is 0. The van der Waals surface area contributed by atoms with E-state index < -0.39 is 0 Å². The van der Waals surface area contributed by atoms with Gasteiger partial charge in [0, 0.05) is 0 Å². The maximum atomic E-state index is 12.0. The van der Waals surface area contributed by atoms with E-state index in [1.807, 2.05) is 0 Å². The fraction of sp³-hybridized carbons (Fsp3) is 0.867. The molecular weight excluding hydrogens is 199 g/mol. The fourth-order valence-electron chi connectivity index (χ4n) is 3.66. The largest absolute Gasteiger partial charge is 0.247 e. The van der Waals surface area contributed by atoms with Crippen molar-refractivity contribution in [2.45, 2.75) is 57.8 Å². The molecule has 0 N–H and O–H groups in total. The Morgan fingerprint density at radius 2 is 1.44 bits per heavy atom. The molecule has 0 atom stereocenters. The molecule has 2 aliphatic rings. The normalized spacial score (nSPS) is 33.3. The second kappa shape index (κ2) is 6.42. The predicted octanol–water partition coefficient (Wildman–Crippen LogP) is 4.90. The van der Waals surface area contributed by atoms with Crippen LogP contribution in [0.25, 0.3) is 0 Å². The average molecular weight is 224 g/mol. The number of rotatable bonds is 3. The van der Waals surface area contributed by atoms with E-state index in [-0.39, 0.29) is 6.67 Å². The highest BCUT2D eigenvalue weighted by Crippen LogP contribution is 2.40. The van der Waals surface area contributed by atoms with E-state index in [0.717, 1.165) is 11.8 Å². The Morgan fingerprint density at radius 1 is 0.812 bits per heavy atom. The summed E-state index contributed by atoms with van der Waals surface area (Å²) in [5, 5.41) is 0. The van der Waals surface area contributed by atoms with Crippen LogP contribution in [-0.4, -0.2) is 6.67 Å². The van der Waals surface area contributed by atoms with Crippen LogP contribution < -0.4 is 0 Å². The lowest BCUT2D eigenvalue weighted by Gasteiger charge is -2.35. The zero-order valence-electron chi connectivity index (χ0n) is 10.3. The van der Waals surface area contributed by atoms with Gasteiger partial charge in [0.2, 0.25) is 0 Å². The third kappa shape index (κ3) is 3.33. The Morgan fingerprint density at radius 3 is 2.06 bits per heavy atom. The van der Waals surface area contributed by atoms with Gasteiger partial charge in [-0.05, 0) is 43.4 Å². The van der Waals surface area contributed by atoms with Gasteiger partial charge in [0.1, 0.15) is 6.67 Å². The summed E-state index contributed by atoms with van der Waals surface area (Å²) in [6, 6.07) is 0. The Hall–Kier alpha value is -0.330. The van der Waals surface area contributed by atoms with Crippen molar-refractivity contribution in [2.24, 2.45) is 17.8 Å². The van der Waals surface area contributed by atoms with Gasteiger partial charge < -0.3 is 0 Å². The third-order valence-electron chi connectivity index (χ3n) is 4.63. The van der Waals surface area contributed by atoms with E-state index in [1.54, 1.807) is 6.08 Å². The van der Waals surface area contributed by atoms with E-state index in [4.69, 9.17) is 0 Å². The van der Waals surface area contributed by atoms with E-state index in [2.05, 4.69) is 6.08 Å². The average Bonchev–Trinajstić information content (AvgIpc) is 2.38. The molecule has 0 heterocycles. The van der Waals surface area contributed by atoms with Crippen molar-refractivity contribution < 1.29 is 4.39 Å². The van der Waals surface area contributed by atoms with Gasteiger partial charge in [0.25, 0.3) is 0 Å². The van der Waals surface area contributed by atoms with Crippen LogP contribution in [-0.2, 0) is 0 Å². The van der Waals surface area contributed by atoms with E-state index in [0.29, 0.717) is 5.92 Å². The van der Waals surface area contributed by atoms with Crippen molar-refractivity contribution in [3.63, 3.8) is 0 Å². The van der Waals surface area contributed by atoms with Gasteiger partial charge in [-0.1, -0.05) is 44.3 Å². The zero-order chi connectivity index (χ0) is 11.2. The molecule has 2 fully saturated rings. The molecule has 0 unspecified atom stereocenters. The molecule has 92 valence electrons. The second-order valence-corrected chi connectivity index (χ2v) is 5.66. The van der Waals surface area contributed by atoms with E-state index in [1.165, 1.54) is 57.8 Å². The Kier molecular flexibility index (Phi) is 4.87. The summed E-state index contributed by atoms with van der Waals surface area (Å²) in [6.45, 7) is -0.289. The van der Waals surface area contributed by atoms with Crippen molar-refractivity contribution in [2.75, 3.05) is 6.67 Å². The highest BCUT2D eigenvalue weighted by molar-refractivity contribution is 4.92. The molecule has 0 saturated heterocycles. The molecule has 0 bridgehead atoms. The first kappa shape index (κ1) is 12.1. The van der Waals surface area contributed by atoms with Gasteiger partial charge in [-0.15, -0.1) is 0 Å². The predicted molar refractivity (Wildman–Crippen MR) is 67.1 cm³/mol. The second-order valence-electron chi connectivity index (χ2n) is 5.66. The fourth-order valence-corrected chi connectivity index (χ4v) is 3.66. The topological polar surface area (TPSA) is 0 Å². The van der Waals surface area contributed by atoms with Crippen molar-refractivity contribution in [1.29, 1.82) is 0 Å². The number of alkyl halides is 1. The van der Waals surface area contributed by atoms with Crippen LogP contribution in [0.5, 0.6) is 0 Å². The van der Waals surface area contributed by atoms with Gasteiger partial charge in [-0.2, -0.15) is 0 Å². The minimum absolute atomic E-state index is 0.289. The molecule has 0 spiro atoms. The van der Waals surface area contributed by atoms with Gasteiger partial charge in [0.15, 0.2) is 0 Å². The molecule has 0 nitrogen and oxygen atoms in total. The van der Waals surface area contributed by atoms with Crippen LogP contribution in [0.15, 0.2) is 12.2 Å². The number of halogens is 1. The van der Waals surface area contributed by atoms with Crippen molar-refractivity contribution in [3.8, 4) is 0 Å². The van der Waals surface area contributed by atoms with Gasteiger partial charge in [0.05, 0.1) is 0 Å². The lowest BCUT2D eigenvalue weighted by molar-refractivity contribution is 0.180. The van der Waals surface area contributed by atoms with Gasteiger partial charge in [-0.25, -0.2) is 4.39 Å². The summed E-state index contributed by atoms with van der Waals surface area (Å²) >= 11 is 0. The highest BCUT2D eigenvalue weighted by Gasteiger charge is 2.27. The lowest BCUT2D eigenvalue weighted by atomic mass is 9.71. The first-order valence-electron chi connectivity index (χ1n) is 7.12. The SMILES string of the molecule is FCC=CC1CCC(C2CCCCC2)CC1. The molecular formula is C15H25F. The van der Waals surface area contributed by atoms with Crippen molar-refractivity contribution in [1.82, 2.24) is 0 Å². The summed E-state index contributed by atoms with van der Waals surface area (Å²) in [4.78, 5) is 0. The molecule has 0 radical (unpaired) electrons. The van der Waals surface area contributed by atoms with Crippen LogP contribution in [0, 0.1) is 17.8 Å². The molecule has 0 amide bonds. The summed E-state index contributed by atoms with van der Waals surface area (Å²) in [5.41, 5.74) is 0. The number of allylic oxidation sites excluding steroid dienone is 2. The summed E-state index contributed by atoms with van der Waals surface area (Å²) < 4.78 is 12.0. The first-order chi connectivity index (χ1) is 7.90. The monoisotopic (exact) mass is 224 g/mol. The first-order valence-corrected chi connectivity index (χ1v) is 7.12. The zero-order valence-corrected chi connectivity index (χ0v) is 10.3. The van der Waals surface area contributed by atoms with Crippen molar-refractivity contribution in [3.05, 3.63) is 12.2 Å². The van der Waals surface area contributed by atoms with Crippen LogP contribution >= 0.6 is 0 Å². The quantitative estimate of drug-likeness (QED) is 0.598. The third-order valence-corrected chi connectivity index (χ3v) is 4.63. The molecule has 2 rings (SSSR count). The smallest absolute Gasteiger partial charge is 0.108 e. The van der Waals surface area contributed by atoms with Crippen LogP contribution in [0.3, 0.4) is 0 Å². The highest BCUT2D eigenvalue weighted by atomic mass is 19.1. The maximum Gasteiger partial charge on any atom is 0.108 e. The molecule has 0 aromatic rings. The Labute approximate surface area is 99.3 Å². The van der Waals surface area contributed by atoms with Gasteiger partial charge in [-0.3, -0.25) is 0 Å². The summed E-state index contributed by atoms with van der Waals surface area (Å²) in [5.74, 6) is 2.70. The molecule has 2 saturated carbocycles. The van der Waals surface area contributed by atoms with Crippen LogP contribution in [0.4, 0.5) is 4.39 Å². The molecule has 16 heavy (non-hydrogen) atoms. The standard InChI is InChI=1S/C15H25F/c16-12-4-5-13-8-10-15(11-9-13)14-6-2-1-3-7-14/h4-5,13-15H,1-3,6-12H2. The Bertz CT molecular complexity index is 207. The molecule has 0 aliphatic heterocycles. The molecule has 2 aliphatic carbocycles. The van der Waals surface area contributed by atoms with E-state index >= 15 is 0 Å². The number of hydrogen-bond donors (Lipinski definition) is 0.